The highest BCUT2D eigenvalue weighted by atomic mass is 79.9. The molecule has 5 heteroatoms. The molecule has 17 heavy (non-hydrogen) atoms. The summed E-state index contributed by atoms with van der Waals surface area (Å²) < 4.78 is 1.01. The molecular formula is C12H19BrN4. The van der Waals surface area contributed by atoms with Crippen LogP contribution in [0.25, 0.3) is 0 Å². The number of aromatic nitrogens is 1. The maximum atomic E-state index is 7.29. The summed E-state index contributed by atoms with van der Waals surface area (Å²) in [6, 6.07) is 4.32. The fourth-order valence-electron chi connectivity index (χ4n) is 1.57. The molecule has 0 amide bonds. The minimum Gasteiger partial charge on any atom is -0.388 e. The largest absolute Gasteiger partial charge is 0.388 e. The molecule has 0 spiro atoms. The number of anilines is 1. The SMILES string of the molecule is Cc1nc(N(CCC(=N)N)C(C)C)ccc1Br. The van der Waals surface area contributed by atoms with Crippen molar-refractivity contribution in [2.24, 2.45) is 5.73 Å². The average molecular weight is 299 g/mol. The number of hydrogen-bond donors (Lipinski definition) is 2. The molecule has 0 aliphatic carbocycles. The van der Waals surface area contributed by atoms with E-state index in [1.165, 1.54) is 0 Å². The van der Waals surface area contributed by atoms with Crippen molar-refractivity contribution in [2.75, 3.05) is 11.4 Å². The number of nitrogens with zero attached hydrogens (tertiary/aromatic N) is 2. The van der Waals surface area contributed by atoms with Crippen molar-refractivity contribution in [3.05, 3.63) is 22.3 Å². The third-order valence-corrected chi connectivity index (χ3v) is 3.38. The van der Waals surface area contributed by atoms with Crippen LogP contribution < -0.4 is 10.6 Å². The maximum Gasteiger partial charge on any atom is 0.129 e. The number of nitrogens with two attached hydrogens (primary N) is 1. The molecule has 3 N–H and O–H groups in total. The number of aryl methyl sites for hydroxylation is 1. The number of rotatable bonds is 5. The number of nitrogens with one attached hydrogen (secondary N) is 1. The van der Waals surface area contributed by atoms with Gasteiger partial charge in [-0.15, -0.1) is 0 Å². The first-order valence-electron chi connectivity index (χ1n) is 5.64. The minimum absolute atomic E-state index is 0.212. The number of halogens is 1. The summed E-state index contributed by atoms with van der Waals surface area (Å²) in [6.45, 7) is 6.91. The first-order valence-corrected chi connectivity index (χ1v) is 6.43. The second-order valence-electron chi connectivity index (χ2n) is 4.30. The van der Waals surface area contributed by atoms with Crippen LogP contribution in [-0.4, -0.2) is 23.4 Å². The van der Waals surface area contributed by atoms with Crippen molar-refractivity contribution in [1.82, 2.24) is 4.98 Å². The van der Waals surface area contributed by atoms with Crippen molar-refractivity contribution >= 4 is 27.6 Å². The Hall–Kier alpha value is -1.10. The van der Waals surface area contributed by atoms with Gasteiger partial charge in [0.15, 0.2) is 0 Å². The van der Waals surface area contributed by atoms with Crippen molar-refractivity contribution in [3.63, 3.8) is 0 Å². The third-order valence-electron chi connectivity index (χ3n) is 2.55. The zero-order chi connectivity index (χ0) is 13.0. The lowest BCUT2D eigenvalue weighted by molar-refractivity contribution is 0.678. The van der Waals surface area contributed by atoms with Crippen LogP contribution in [0.3, 0.4) is 0 Å². The van der Waals surface area contributed by atoms with E-state index >= 15 is 0 Å². The molecule has 0 aliphatic rings. The lowest BCUT2D eigenvalue weighted by Gasteiger charge is -2.28. The fourth-order valence-corrected chi connectivity index (χ4v) is 1.79. The van der Waals surface area contributed by atoms with Gasteiger partial charge < -0.3 is 10.6 Å². The Kier molecular flexibility index (Phi) is 4.93. The van der Waals surface area contributed by atoms with Crippen LogP contribution in [0.5, 0.6) is 0 Å². The molecule has 1 rings (SSSR count). The molecule has 0 aliphatic heterocycles. The number of amidine groups is 1. The topological polar surface area (TPSA) is 66.0 Å². The van der Waals surface area contributed by atoms with Gasteiger partial charge in [-0.1, -0.05) is 0 Å². The zero-order valence-electron chi connectivity index (χ0n) is 10.5. The van der Waals surface area contributed by atoms with Crippen LogP contribution in [0.1, 0.15) is 26.0 Å². The number of hydrogen-bond acceptors (Lipinski definition) is 3. The standard InChI is InChI=1S/C12H19BrN4/c1-8(2)17(7-6-11(14)15)12-5-4-10(13)9(3)16-12/h4-5,8H,6-7H2,1-3H3,(H3,14,15). The Morgan fingerprint density at radius 2 is 2.18 bits per heavy atom. The van der Waals surface area contributed by atoms with Crippen LogP contribution >= 0.6 is 15.9 Å². The van der Waals surface area contributed by atoms with E-state index in [1.54, 1.807) is 0 Å². The van der Waals surface area contributed by atoms with Crippen molar-refractivity contribution in [2.45, 2.75) is 33.2 Å². The lowest BCUT2D eigenvalue weighted by Crippen LogP contribution is -2.34. The van der Waals surface area contributed by atoms with Crippen molar-refractivity contribution in [1.29, 1.82) is 5.41 Å². The van der Waals surface area contributed by atoms with Crippen LogP contribution in [-0.2, 0) is 0 Å². The molecule has 0 radical (unpaired) electrons. The van der Waals surface area contributed by atoms with Gasteiger partial charge in [0.2, 0.25) is 0 Å². The monoisotopic (exact) mass is 298 g/mol. The molecule has 0 unspecified atom stereocenters. The molecule has 1 aromatic rings. The predicted molar refractivity (Wildman–Crippen MR) is 75.7 cm³/mol. The van der Waals surface area contributed by atoms with Crippen LogP contribution in [0.15, 0.2) is 16.6 Å². The molecule has 0 saturated carbocycles. The molecule has 4 nitrogen and oxygen atoms in total. The van der Waals surface area contributed by atoms with Gasteiger partial charge in [-0.2, -0.15) is 0 Å². The van der Waals surface area contributed by atoms with Gasteiger partial charge in [-0.3, -0.25) is 5.41 Å². The summed E-state index contributed by atoms with van der Waals surface area (Å²) in [6.07, 6.45) is 0.564. The number of pyridine rings is 1. The molecule has 94 valence electrons. The van der Waals surface area contributed by atoms with E-state index in [0.29, 0.717) is 12.5 Å². The minimum atomic E-state index is 0.212. The maximum absolute atomic E-state index is 7.29. The van der Waals surface area contributed by atoms with E-state index in [1.807, 2.05) is 19.1 Å². The molecule has 1 heterocycles. The van der Waals surface area contributed by atoms with Gasteiger partial charge in [0.25, 0.3) is 0 Å². The normalized spacial score (nSPS) is 10.6. The van der Waals surface area contributed by atoms with Gasteiger partial charge in [-0.25, -0.2) is 4.98 Å². The summed E-state index contributed by atoms with van der Waals surface area (Å²) >= 11 is 3.44. The van der Waals surface area contributed by atoms with Crippen LogP contribution in [0.4, 0.5) is 5.82 Å². The second-order valence-corrected chi connectivity index (χ2v) is 5.15. The Morgan fingerprint density at radius 1 is 1.53 bits per heavy atom. The molecule has 0 fully saturated rings. The van der Waals surface area contributed by atoms with Gasteiger partial charge >= 0.3 is 0 Å². The summed E-state index contributed by atoms with van der Waals surface area (Å²) in [5, 5.41) is 7.29. The smallest absolute Gasteiger partial charge is 0.129 e. The van der Waals surface area contributed by atoms with E-state index in [0.717, 1.165) is 22.5 Å². The summed E-state index contributed by atoms with van der Waals surface area (Å²) in [7, 11) is 0. The van der Waals surface area contributed by atoms with E-state index < -0.39 is 0 Å². The molecule has 0 atom stereocenters. The molecule has 1 aromatic heterocycles. The van der Waals surface area contributed by atoms with Crippen molar-refractivity contribution < 1.29 is 0 Å². The van der Waals surface area contributed by atoms with Gasteiger partial charge in [0, 0.05) is 23.5 Å². The van der Waals surface area contributed by atoms with Gasteiger partial charge in [0.05, 0.1) is 11.5 Å². The second kappa shape index (κ2) is 6.00. The first kappa shape index (κ1) is 14.0. The first-order chi connectivity index (χ1) is 7.91. The summed E-state index contributed by atoms with van der Waals surface area (Å²) in [5.74, 6) is 1.14. The van der Waals surface area contributed by atoms with Gasteiger partial charge in [0.1, 0.15) is 5.82 Å². The average Bonchev–Trinajstić information content (AvgIpc) is 2.22. The Balaban J connectivity index is 2.89. The highest BCUT2D eigenvalue weighted by Crippen LogP contribution is 2.20. The Bertz CT molecular complexity index is 403. The fraction of sp³-hybridized carbons (Fsp3) is 0.500. The quantitative estimate of drug-likeness (QED) is 0.649. The van der Waals surface area contributed by atoms with E-state index in [4.69, 9.17) is 11.1 Å². The lowest BCUT2D eigenvalue weighted by atomic mass is 10.2. The Morgan fingerprint density at radius 3 is 2.65 bits per heavy atom. The molecule has 0 saturated heterocycles. The highest BCUT2D eigenvalue weighted by molar-refractivity contribution is 9.10. The summed E-state index contributed by atoms with van der Waals surface area (Å²) in [4.78, 5) is 6.69. The zero-order valence-corrected chi connectivity index (χ0v) is 12.1. The van der Waals surface area contributed by atoms with Gasteiger partial charge in [-0.05, 0) is 48.8 Å². The van der Waals surface area contributed by atoms with Crippen molar-refractivity contribution in [3.8, 4) is 0 Å². The van der Waals surface area contributed by atoms with E-state index in [2.05, 4.69) is 39.7 Å². The molecule has 0 aromatic carbocycles. The highest BCUT2D eigenvalue weighted by Gasteiger charge is 2.12. The van der Waals surface area contributed by atoms with E-state index in [-0.39, 0.29) is 5.84 Å². The third kappa shape index (κ3) is 4.00. The predicted octanol–water partition coefficient (Wildman–Crippen LogP) is 2.69. The van der Waals surface area contributed by atoms with Crippen LogP contribution in [0.2, 0.25) is 0 Å². The molecule has 0 bridgehead atoms. The Labute approximate surface area is 111 Å². The summed E-state index contributed by atoms with van der Waals surface area (Å²) in [5.41, 5.74) is 6.37. The van der Waals surface area contributed by atoms with Crippen LogP contribution in [0, 0.1) is 12.3 Å². The molecular weight excluding hydrogens is 280 g/mol. The van der Waals surface area contributed by atoms with E-state index in [9.17, 15) is 0 Å².